The molecule has 174 valence electrons. The third kappa shape index (κ3) is 3.83. The Hall–Kier alpha value is -3.15. The van der Waals surface area contributed by atoms with Crippen LogP contribution in [0.2, 0.25) is 0 Å². The van der Waals surface area contributed by atoms with E-state index in [1.54, 1.807) is 0 Å². The predicted molar refractivity (Wildman–Crippen MR) is 142 cm³/mol. The highest BCUT2D eigenvalue weighted by Gasteiger charge is 2.44. The standard InChI is InChI=1S/C30H28N4S/c1-2-9-29-27(8-1)34(28-13-10-21(16-30(28)35-29)22-6-5-14-31-19-22)26-17-24-11-12-25(18-26)33(24)20-23-7-3-4-15-32-23/h1-10,13-16,19,24-26H,11-12,17-18,20H2/t24-,25+,26?. The molecule has 5 heterocycles. The van der Waals surface area contributed by atoms with Crippen molar-refractivity contribution in [3.63, 3.8) is 0 Å². The van der Waals surface area contributed by atoms with Gasteiger partial charge in [-0.05, 0) is 73.7 Å². The largest absolute Gasteiger partial charge is 0.336 e. The van der Waals surface area contributed by atoms with Crippen LogP contribution < -0.4 is 4.90 Å². The monoisotopic (exact) mass is 476 g/mol. The average molecular weight is 477 g/mol. The molecular weight excluding hydrogens is 448 g/mol. The zero-order valence-corrected chi connectivity index (χ0v) is 20.4. The van der Waals surface area contributed by atoms with Crippen molar-refractivity contribution in [3.8, 4) is 11.1 Å². The number of benzene rings is 2. The van der Waals surface area contributed by atoms with Crippen LogP contribution in [-0.2, 0) is 6.54 Å². The predicted octanol–water partition coefficient (Wildman–Crippen LogP) is 6.94. The van der Waals surface area contributed by atoms with Crippen LogP contribution in [-0.4, -0.2) is 33.0 Å². The van der Waals surface area contributed by atoms with Gasteiger partial charge < -0.3 is 4.90 Å². The van der Waals surface area contributed by atoms with Crippen molar-refractivity contribution in [2.75, 3.05) is 4.90 Å². The number of hydrogen-bond acceptors (Lipinski definition) is 5. The number of aromatic nitrogens is 2. The molecule has 7 rings (SSSR count). The Morgan fingerprint density at radius 1 is 0.743 bits per heavy atom. The third-order valence-corrected chi connectivity index (χ3v) is 8.97. The number of nitrogens with zero attached hydrogens (tertiary/aromatic N) is 4. The maximum absolute atomic E-state index is 4.61. The Balaban J connectivity index is 1.22. The summed E-state index contributed by atoms with van der Waals surface area (Å²) in [7, 11) is 0. The third-order valence-electron chi connectivity index (χ3n) is 7.85. The van der Waals surface area contributed by atoms with Gasteiger partial charge in [0.05, 0.1) is 17.1 Å². The number of rotatable bonds is 4. The molecule has 4 aromatic rings. The van der Waals surface area contributed by atoms with Crippen LogP contribution in [0.4, 0.5) is 11.4 Å². The molecule has 1 unspecified atom stereocenters. The SMILES string of the molecule is c1ccc(CN2[C@@H]3CC[C@H]2CC(N2c4ccccc4Sc4cc(-c5cccnc5)ccc42)C3)nc1. The van der Waals surface area contributed by atoms with Crippen molar-refractivity contribution in [1.82, 2.24) is 14.9 Å². The van der Waals surface area contributed by atoms with Crippen LogP contribution in [0.25, 0.3) is 11.1 Å². The molecule has 0 radical (unpaired) electrons. The summed E-state index contributed by atoms with van der Waals surface area (Å²) in [4.78, 5) is 17.0. The van der Waals surface area contributed by atoms with E-state index >= 15 is 0 Å². The fraction of sp³-hybridized carbons (Fsp3) is 0.267. The lowest BCUT2D eigenvalue weighted by Gasteiger charge is -2.46. The smallest absolute Gasteiger partial charge is 0.0555 e. The second-order valence-electron chi connectivity index (χ2n) is 9.87. The van der Waals surface area contributed by atoms with E-state index in [2.05, 4.69) is 80.4 Å². The van der Waals surface area contributed by atoms with Gasteiger partial charge in [0, 0.05) is 58.6 Å². The van der Waals surface area contributed by atoms with Crippen LogP contribution in [0.3, 0.4) is 0 Å². The lowest BCUT2D eigenvalue weighted by Crippen LogP contribution is -2.49. The number of fused-ring (bicyclic) bond motifs is 4. The van der Waals surface area contributed by atoms with Gasteiger partial charge in [0.15, 0.2) is 0 Å². The Bertz CT molecular complexity index is 1330. The molecule has 5 heteroatoms. The van der Waals surface area contributed by atoms with Gasteiger partial charge >= 0.3 is 0 Å². The molecule has 4 nitrogen and oxygen atoms in total. The molecule has 3 aliphatic rings. The molecule has 35 heavy (non-hydrogen) atoms. The van der Waals surface area contributed by atoms with Gasteiger partial charge in [-0.2, -0.15) is 0 Å². The number of para-hydroxylation sites is 1. The van der Waals surface area contributed by atoms with Crippen LogP contribution in [0, 0.1) is 0 Å². The first-order chi connectivity index (χ1) is 17.3. The summed E-state index contributed by atoms with van der Waals surface area (Å²) in [5.74, 6) is 0. The maximum atomic E-state index is 4.61. The molecule has 3 atom stereocenters. The molecule has 2 aromatic carbocycles. The van der Waals surface area contributed by atoms with Crippen molar-refractivity contribution >= 4 is 23.1 Å². The Morgan fingerprint density at radius 3 is 2.37 bits per heavy atom. The van der Waals surface area contributed by atoms with E-state index in [1.165, 1.54) is 63.7 Å². The quantitative estimate of drug-likeness (QED) is 0.318. The van der Waals surface area contributed by atoms with Gasteiger partial charge in [-0.1, -0.05) is 42.1 Å². The minimum Gasteiger partial charge on any atom is -0.336 e. The van der Waals surface area contributed by atoms with E-state index in [4.69, 9.17) is 0 Å². The summed E-state index contributed by atoms with van der Waals surface area (Å²) in [6.07, 6.45) is 10.7. The van der Waals surface area contributed by atoms with Gasteiger partial charge in [-0.25, -0.2) is 0 Å². The van der Waals surface area contributed by atoms with Crippen molar-refractivity contribution in [3.05, 3.63) is 97.1 Å². The second-order valence-corrected chi connectivity index (χ2v) is 11.0. The van der Waals surface area contributed by atoms with Gasteiger partial charge in [-0.15, -0.1) is 0 Å². The lowest BCUT2D eigenvalue weighted by molar-refractivity contribution is 0.118. The van der Waals surface area contributed by atoms with Gasteiger partial charge in [0.25, 0.3) is 0 Å². The minimum absolute atomic E-state index is 0.512. The highest BCUT2D eigenvalue weighted by atomic mass is 32.2. The Labute approximate surface area is 211 Å². The summed E-state index contributed by atoms with van der Waals surface area (Å²) in [6.45, 7) is 0.973. The highest BCUT2D eigenvalue weighted by molar-refractivity contribution is 7.99. The molecule has 0 spiro atoms. The van der Waals surface area contributed by atoms with Gasteiger partial charge in [0.1, 0.15) is 0 Å². The summed E-state index contributed by atoms with van der Waals surface area (Å²) >= 11 is 1.90. The Kier molecular flexibility index (Phi) is 5.33. The van der Waals surface area contributed by atoms with E-state index in [0.717, 1.165) is 6.54 Å². The van der Waals surface area contributed by atoms with E-state index in [-0.39, 0.29) is 0 Å². The summed E-state index contributed by atoms with van der Waals surface area (Å²) < 4.78 is 0. The molecular formula is C30H28N4S. The van der Waals surface area contributed by atoms with Crippen molar-refractivity contribution in [1.29, 1.82) is 0 Å². The topological polar surface area (TPSA) is 32.3 Å². The number of pyridine rings is 2. The lowest BCUT2D eigenvalue weighted by atomic mass is 9.94. The first-order valence-corrected chi connectivity index (χ1v) is 13.4. The number of piperidine rings is 1. The van der Waals surface area contributed by atoms with Crippen molar-refractivity contribution in [2.45, 2.75) is 60.1 Å². The summed E-state index contributed by atoms with van der Waals surface area (Å²) in [6, 6.07) is 28.1. The first kappa shape index (κ1) is 21.2. The molecule has 0 N–H and O–H groups in total. The first-order valence-electron chi connectivity index (χ1n) is 12.6. The fourth-order valence-electron chi connectivity index (χ4n) is 6.29. The molecule has 0 amide bonds. The summed E-state index contributed by atoms with van der Waals surface area (Å²) in [5, 5.41) is 0. The molecule has 2 fully saturated rings. The maximum Gasteiger partial charge on any atom is 0.0555 e. The van der Waals surface area contributed by atoms with Crippen molar-refractivity contribution < 1.29 is 0 Å². The molecule has 0 saturated carbocycles. The van der Waals surface area contributed by atoms with Crippen molar-refractivity contribution in [2.24, 2.45) is 0 Å². The molecule has 2 aromatic heterocycles. The van der Waals surface area contributed by atoms with Crippen LogP contribution in [0.15, 0.2) is 101 Å². The summed E-state index contributed by atoms with van der Waals surface area (Å²) in [5.41, 5.74) is 6.30. The van der Waals surface area contributed by atoms with Crippen LogP contribution in [0.5, 0.6) is 0 Å². The number of hydrogen-bond donors (Lipinski definition) is 0. The normalized spacial score (nSPS) is 23.1. The highest BCUT2D eigenvalue weighted by Crippen LogP contribution is 2.52. The van der Waals surface area contributed by atoms with Crippen LogP contribution >= 0.6 is 11.8 Å². The minimum atomic E-state index is 0.512. The van der Waals surface area contributed by atoms with Gasteiger partial charge in [-0.3, -0.25) is 14.9 Å². The Morgan fingerprint density at radius 2 is 1.57 bits per heavy atom. The molecule has 2 saturated heterocycles. The average Bonchev–Trinajstić information content (AvgIpc) is 3.14. The zero-order valence-electron chi connectivity index (χ0n) is 19.6. The van der Waals surface area contributed by atoms with E-state index in [0.29, 0.717) is 18.1 Å². The van der Waals surface area contributed by atoms with Crippen LogP contribution in [0.1, 0.15) is 31.4 Å². The van der Waals surface area contributed by atoms with E-state index in [1.807, 2.05) is 42.5 Å². The number of anilines is 2. The van der Waals surface area contributed by atoms with E-state index < -0.39 is 0 Å². The van der Waals surface area contributed by atoms with Gasteiger partial charge in [0.2, 0.25) is 0 Å². The molecule has 0 aliphatic carbocycles. The van der Waals surface area contributed by atoms with E-state index in [9.17, 15) is 0 Å². The second kappa shape index (κ2) is 8.81. The molecule has 2 bridgehead atoms. The fourth-order valence-corrected chi connectivity index (χ4v) is 7.40. The molecule has 3 aliphatic heterocycles. The zero-order chi connectivity index (χ0) is 23.2.